The molecular formula is C22H29F3N4. The first-order valence-electron chi connectivity index (χ1n) is 10.4. The van der Waals surface area contributed by atoms with Gasteiger partial charge in [-0.1, -0.05) is 6.92 Å². The lowest BCUT2D eigenvalue weighted by Gasteiger charge is -2.41. The lowest BCUT2D eigenvalue weighted by molar-refractivity contribution is -0.136. The number of benzene rings is 1. The van der Waals surface area contributed by atoms with Gasteiger partial charge in [0.15, 0.2) is 0 Å². The molecule has 158 valence electrons. The Hall–Kier alpha value is -1.86. The normalized spacial score (nSPS) is 24.9. The van der Waals surface area contributed by atoms with E-state index in [-0.39, 0.29) is 5.52 Å². The van der Waals surface area contributed by atoms with Gasteiger partial charge >= 0.3 is 6.18 Å². The number of hydrogen-bond donors (Lipinski definition) is 0. The summed E-state index contributed by atoms with van der Waals surface area (Å²) in [4.78, 5) is 11.2. The summed E-state index contributed by atoms with van der Waals surface area (Å²) >= 11 is 0. The highest BCUT2D eigenvalue weighted by atomic mass is 19.4. The third-order valence-electron chi connectivity index (χ3n) is 6.25. The third-order valence-corrected chi connectivity index (χ3v) is 6.25. The zero-order chi connectivity index (χ0) is 20.6. The van der Waals surface area contributed by atoms with Crippen molar-refractivity contribution in [1.82, 2.24) is 14.8 Å². The second-order valence-electron chi connectivity index (χ2n) is 8.75. The monoisotopic (exact) mass is 406 g/mol. The Morgan fingerprint density at radius 1 is 1.07 bits per heavy atom. The molecular weight excluding hydrogens is 377 g/mol. The molecule has 2 atom stereocenters. The van der Waals surface area contributed by atoms with Gasteiger partial charge in [-0.2, -0.15) is 13.2 Å². The van der Waals surface area contributed by atoms with Crippen LogP contribution in [0.4, 0.5) is 18.9 Å². The van der Waals surface area contributed by atoms with Crippen molar-refractivity contribution >= 4 is 16.6 Å². The van der Waals surface area contributed by atoms with Gasteiger partial charge in [0.2, 0.25) is 0 Å². The second-order valence-corrected chi connectivity index (χ2v) is 8.75. The Morgan fingerprint density at radius 3 is 2.55 bits per heavy atom. The van der Waals surface area contributed by atoms with Gasteiger partial charge in [-0.3, -0.25) is 4.98 Å². The van der Waals surface area contributed by atoms with Crippen LogP contribution in [0, 0.1) is 11.8 Å². The molecule has 2 aliphatic heterocycles. The van der Waals surface area contributed by atoms with Crippen molar-refractivity contribution in [2.45, 2.75) is 19.5 Å². The van der Waals surface area contributed by atoms with Gasteiger partial charge in [-0.05, 0) is 49.6 Å². The average molecular weight is 406 g/mol. The number of aromatic nitrogens is 1. The Morgan fingerprint density at radius 2 is 1.83 bits per heavy atom. The lowest BCUT2D eigenvalue weighted by atomic mass is 9.89. The highest BCUT2D eigenvalue weighted by Gasteiger charge is 2.35. The molecule has 2 saturated heterocycles. The van der Waals surface area contributed by atoms with Crippen LogP contribution in [0.5, 0.6) is 0 Å². The van der Waals surface area contributed by atoms with Crippen LogP contribution in [0.3, 0.4) is 0 Å². The molecule has 2 aromatic rings. The number of likely N-dealkylation sites (N-methyl/N-ethyl adjacent to an activating group) is 1. The van der Waals surface area contributed by atoms with Crippen LogP contribution >= 0.6 is 0 Å². The van der Waals surface area contributed by atoms with Gasteiger partial charge in [0.1, 0.15) is 0 Å². The van der Waals surface area contributed by atoms with Gasteiger partial charge < -0.3 is 14.7 Å². The maximum absolute atomic E-state index is 13.4. The topological polar surface area (TPSA) is 22.6 Å². The summed E-state index contributed by atoms with van der Waals surface area (Å²) in [6, 6.07) is 6.32. The smallest absolute Gasteiger partial charge is 0.370 e. The predicted octanol–water partition coefficient (Wildman–Crippen LogP) is 3.96. The minimum absolute atomic E-state index is 0.0475. The summed E-state index contributed by atoms with van der Waals surface area (Å²) in [5.41, 5.74) is 0.262. The van der Waals surface area contributed by atoms with Crippen molar-refractivity contribution in [2.24, 2.45) is 11.8 Å². The van der Waals surface area contributed by atoms with E-state index in [9.17, 15) is 13.2 Å². The zero-order valence-corrected chi connectivity index (χ0v) is 17.1. The minimum Gasteiger partial charge on any atom is -0.370 e. The fourth-order valence-corrected chi connectivity index (χ4v) is 4.87. The van der Waals surface area contributed by atoms with Crippen LogP contribution in [-0.2, 0) is 6.18 Å². The summed E-state index contributed by atoms with van der Waals surface area (Å²) in [6.45, 7) is 9.44. The molecule has 0 N–H and O–H groups in total. The standard InChI is InChI=1S/C22H29F3N4/c1-16-12-17(14-28-10-8-27(2)9-11-28)15-29(13-16)20-6-5-19(22(23,24)25)21-18(20)4-3-7-26-21/h3-7,16-17H,8-15H2,1-2H3/t16-,17?/m0/s1. The van der Waals surface area contributed by atoms with E-state index in [1.165, 1.54) is 18.7 Å². The largest absolute Gasteiger partial charge is 0.418 e. The van der Waals surface area contributed by atoms with Gasteiger partial charge in [-0.25, -0.2) is 0 Å². The van der Waals surface area contributed by atoms with E-state index in [0.29, 0.717) is 17.2 Å². The van der Waals surface area contributed by atoms with Crippen molar-refractivity contribution < 1.29 is 13.2 Å². The Kier molecular flexibility index (Phi) is 5.71. The quantitative estimate of drug-likeness (QED) is 0.770. The highest BCUT2D eigenvalue weighted by Crippen LogP contribution is 2.39. The summed E-state index contributed by atoms with van der Waals surface area (Å²) in [7, 11) is 2.16. The first-order chi connectivity index (χ1) is 13.8. The van der Waals surface area contributed by atoms with Crippen molar-refractivity contribution in [1.29, 1.82) is 0 Å². The third kappa shape index (κ3) is 4.51. The van der Waals surface area contributed by atoms with Crippen LogP contribution < -0.4 is 4.90 Å². The number of fused-ring (bicyclic) bond motifs is 1. The first-order valence-corrected chi connectivity index (χ1v) is 10.4. The van der Waals surface area contributed by atoms with Crippen molar-refractivity contribution in [3.8, 4) is 0 Å². The fourth-order valence-electron chi connectivity index (χ4n) is 4.87. The van der Waals surface area contributed by atoms with Gasteiger partial charge in [0.25, 0.3) is 0 Å². The maximum atomic E-state index is 13.4. The van der Waals surface area contributed by atoms with E-state index in [1.807, 2.05) is 0 Å². The summed E-state index contributed by atoms with van der Waals surface area (Å²) < 4.78 is 40.3. The lowest BCUT2D eigenvalue weighted by Crippen LogP contribution is -2.49. The molecule has 2 fully saturated rings. The fraction of sp³-hybridized carbons (Fsp3) is 0.591. The molecule has 4 nitrogen and oxygen atoms in total. The molecule has 4 rings (SSSR count). The van der Waals surface area contributed by atoms with E-state index in [1.54, 1.807) is 18.2 Å². The van der Waals surface area contributed by atoms with Crippen LogP contribution in [0.1, 0.15) is 18.9 Å². The average Bonchev–Trinajstić information content (AvgIpc) is 2.67. The second kappa shape index (κ2) is 8.11. The Balaban J connectivity index is 1.58. The number of anilines is 1. The molecule has 0 spiro atoms. The number of alkyl halides is 3. The van der Waals surface area contributed by atoms with Crippen LogP contribution in [0.2, 0.25) is 0 Å². The molecule has 0 bridgehead atoms. The minimum atomic E-state index is -4.40. The number of rotatable bonds is 3. The number of piperidine rings is 1. The van der Waals surface area contributed by atoms with E-state index in [2.05, 4.69) is 33.7 Å². The maximum Gasteiger partial charge on any atom is 0.418 e. The molecule has 0 amide bonds. The summed E-state index contributed by atoms with van der Waals surface area (Å²) in [6.07, 6.45) is -1.79. The van der Waals surface area contributed by atoms with E-state index in [0.717, 1.165) is 51.5 Å². The Bertz CT molecular complexity index is 846. The molecule has 0 radical (unpaired) electrons. The van der Waals surface area contributed by atoms with Crippen LogP contribution in [0.25, 0.3) is 10.9 Å². The number of nitrogens with zero attached hydrogens (tertiary/aromatic N) is 4. The molecule has 0 aliphatic carbocycles. The first kappa shape index (κ1) is 20.4. The molecule has 1 aromatic heterocycles. The summed E-state index contributed by atoms with van der Waals surface area (Å²) in [5, 5.41) is 0.592. The summed E-state index contributed by atoms with van der Waals surface area (Å²) in [5.74, 6) is 1.03. The number of piperazine rings is 1. The van der Waals surface area contributed by atoms with E-state index < -0.39 is 11.7 Å². The molecule has 3 heterocycles. The zero-order valence-electron chi connectivity index (χ0n) is 17.1. The molecule has 1 unspecified atom stereocenters. The van der Waals surface area contributed by atoms with Crippen molar-refractivity contribution in [3.05, 3.63) is 36.0 Å². The molecule has 7 heteroatoms. The van der Waals surface area contributed by atoms with E-state index in [4.69, 9.17) is 0 Å². The number of pyridine rings is 1. The predicted molar refractivity (Wildman–Crippen MR) is 110 cm³/mol. The van der Waals surface area contributed by atoms with Gasteiger partial charge in [0, 0.05) is 63.1 Å². The molecule has 2 aliphatic rings. The van der Waals surface area contributed by atoms with Crippen molar-refractivity contribution in [3.63, 3.8) is 0 Å². The van der Waals surface area contributed by atoms with Crippen LogP contribution in [0.15, 0.2) is 30.5 Å². The van der Waals surface area contributed by atoms with Crippen molar-refractivity contribution in [2.75, 3.05) is 57.8 Å². The molecule has 1 aromatic carbocycles. The molecule has 29 heavy (non-hydrogen) atoms. The molecule has 0 saturated carbocycles. The highest BCUT2D eigenvalue weighted by molar-refractivity contribution is 5.94. The van der Waals surface area contributed by atoms with Gasteiger partial charge in [-0.15, -0.1) is 0 Å². The Labute approximate surface area is 170 Å². The number of hydrogen-bond acceptors (Lipinski definition) is 4. The van der Waals surface area contributed by atoms with Crippen LogP contribution in [-0.4, -0.2) is 67.6 Å². The number of halogens is 3. The van der Waals surface area contributed by atoms with E-state index >= 15 is 0 Å². The SMILES string of the molecule is C[C@H]1CC(CN2CCN(C)CC2)CN(c2ccc(C(F)(F)F)c3ncccc23)C1. The van der Waals surface area contributed by atoms with Gasteiger partial charge in [0.05, 0.1) is 11.1 Å².